The summed E-state index contributed by atoms with van der Waals surface area (Å²) in [4.78, 5) is 15.9. The lowest BCUT2D eigenvalue weighted by Gasteiger charge is -2.27. The van der Waals surface area contributed by atoms with Crippen molar-refractivity contribution in [2.45, 2.75) is 32.9 Å². The highest BCUT2D eigenvalue weighted by Crippen LogP contribution is 2.14. The molecule has 7 heteroatoms. The molecular weight excluding hydrogens is 270 g/mol. The molecule has 0 aliphatic rings. The number of amides is 2. The summed E-state index contributed by atoms with van der Waals surface area (Å²) in [5.74, 6) is 0.0571. The maximum atomic E-state index is 11.8. The van der Waals surface area contributed by atoms with Crippen molar-refractivity contribution in [1.82, 2.24) is 25.2 Å². The van der Waals surface area contributed by atoms with Gasteiger partial charge >= 0.3 is 6.03 Å². The second-order valence-electron chi connectivity index (χ2n) is 5.59. The first-order valence-electron chi connectivity index (χ1n) is 6.92. The summed E-state index contributed by atoms with van der Waals surface area (Å²) in [6.45, 7) is 6.05. The van der Waals surface area contributed by atoms with E-state index < -0.39 is 5.60 Å². The third-order valence-electron chi connectivity index (χ3n) is 3.65. The minimum atomic E-state index is -0.927. The summed E-state index contributed by atoms with van der Waals surface area (Å²) in [7, 11) is 0. The molecule has 0 fully saturated rings. The molecule has 0 aliphatic heterocycles. The molecule has 0 bridgehead atoms. The van der Waals surface area contributed by atoms with Gasteiger partial charge in [-0.3, -0.25) is 0 Å². The SMILES string of the molecule is CC(C)C(C)(O)CNC(=O)NCc1ccnc2ccnn12. The van der Waals surface area contributed by atoms with E-state index in [4.69, 9.17) is 0 Å². The van der Waals surface area contributed by atoms with E-state index in [1.165, 1.54) is 0 Å². The molecule has 0 radical (unpaired) electrons. The van der Waals surface area contributed by atoms with Gasteiger partial charge < -0.3 is 15.7 Å². The molecule has 21 heavy (non-hydrogen) atoms. The molecule has 0 saturated carbocycles. The third-order valence-corrected chi connectivity index (χ3v) is 3.65. The van der Waals surface area contributed by atoms with Crippen LogP contribution in [-0.4, -0.2) is 37.9 Å². The van der Waals surface area contributed by atoms with E-state index in [0.717, 1.165) is 11.3 Å². The predicted molar refractivity (Wildman–Crippen MR) is 78.7 cm³/mol. The lowest BCUT2D eigenvalue weighted by atomic mass is 9.93. The van der Waals surface area contributed by atoms with E-state index in [9.17, 15) is 9.90 Å². The van der Waals surface area contributed by atoms with Crippen molar-refractivity contribution >= 4 is 11.7 Å². The first-order chi connectivity index (χ1) is 9.90. The number of aromatic nitrogens is 3. The molecule has 7 nitrogen and oxygen atoms in total. The smallest absolute Gasteiger partial charge is 0.315 e. The second-order valence-corrected chi connectivity index (χ2v) is 5.59. The predicted octanol–water partition coefficient (Wildman–Crippen LogP) is 0.935. The zero-order chi connectivity index (χ0) is 15.5. The highest BCUT2D eigenvalue weighted by molar-refractivity contribution is 5.73. The molecule has 2 amide bonds. The van der Waals surface area contributed by atoms with E-state index in [1.807, 2.05) is 13.8 Å². The number of urea groups is 1. The molecule has 3 N–H and O–H groups in total. The zero-order valence-electron chi connectivity index (χ0n) is 12.5. The van der Waals surface area contributed by atoms with Crippen LogP contribution in [0.1, 0.15) is 26.5 Å². The van der Waals surface area contributed by atoms with E-state index in [0.29, 0.717) is 6.54 Å². The lowest BCUT2D eigenvalue weighted by molar-refractivity contribution is 0.0166. The topological polar surface area (TPSA) is 91.5 Å². The van der Waals surface area contributed by atoms with Gasteiger partial charge in [0.25, 0.3) is 0 Å². The standard InChI is InChI=1S/C14H21N5O2/c1-10(2)14(3,21)9-17-13(20)16-8-11-4-6-15-12-5-7-18-19(11)12/h4-7,10,21H,8-9H2,1-3H3,(H2,16,17,20). The number of nitrogens with zero attached hydrogens (tertiary/aromatic N) is 3. The molecule has 1 unspecified atom stereocenters. The average Bonchev–Trinajstić information content (AvgIpc) is 2.91. The molecule has 2 aromatic rings. The van der Waals surface area contributed by atoms with Crippen molar-refractivity contribution in [2.75, 3.05) is 6.54 Å². The van der Waals surface area contributed by atoms with Gasteiger partial charge in [0.2, 0.25) is 0 Å². The highest BCUT2D eigenvalue weighted by Gasteiger charge is 2.25. The monoisotopic (exact) mass is 291 g/mol. The molecular formula is C14H21N5O2. The van der Waals surface area contributed by atoms with Crippen LogP contribution in [-0.2, 0) is 6.54 Å². The summed E-state index contributed by atoms with van der Waals surface area (Å²) < 4.78 is 1.67. The number of nitrogens with one attached hydrogen (secondary N) is 2. The molecule has 0 aliphatic carbocycles. The van der Waals surface area contributed by atoms with Crippen molar-refractivity contribution in [3.05, 3.63) is 30.2 Å². The van der Waals surface area contributed by atoms with Gasteiger partial charge in [-0.1, -0.05) is 13.8 Å². The van der Waals surface area contributed by atoms with Gasteiger partial charge in [-0.05, 0) is 18.9 Å². The van der Waals surface area contributed by atoms with Gasteiger partial charge in [-0.25, -0.2) is 14.3 Å². The van der Waals surface area contributed by atoms with Crippen LogP contribution in [0.2, 0.25) is 0 Å². The Morgan fingerprint density at radius 1 is 1.38 bits per heavy atom. The van der Waals surface area contributed by atoms with Crippen LogP contribution >= 0.6 is 0 Å². The Kier molecular flexibility index (Phi) is 4.42. The summed E-state index contributed by atoms with van der Waals surface area (Å²) >= 11 is 0. The Balaban J connectivity index is 1.88. The fourth-order valence-electron chi connectivity index (χ4n) is 1.72. The Morgan fingerprint density at radius 2 is 2.14 bits per heavy atom. The molecule has 2 heterocycles. The van der Waals surface area contributed by atoms with Gasteiger partial charge in [0, 0.05) is 18.8 Å². The van der Waals surface area contributed by atoms with Crippen LogP contribution in [0.5, 0.6) is 0 Å². The normalized spacial score (nSPS) is 14.1. The number of rotatable bonds is 5. The number of hydrogen-bond acceptors (Lipinski definition) is 4. The number of fused-ring (bicyclic) bond motifs is 1. The summed E-state index contributed by atoms with van der Waals surface area (Å²) in [6, 6.07) is 3.27. The first-order valence-corrected chi connectivity index (χ1v) is 6.92. The summed E-state index contributed by atoms with van der Waals surface area (Å²) in [6.07, 6.45) is 3.33. The van der Waals surface area contributed by atoms with Crippen LogP contribution < -0.4 is 10.6 Å². The highest BCUT2D eigenvalue weighted by atomic mass is 16.3. The van der Waals surface area contributed by atoms with E-state index >= 15 is 0 Å². The maximum Gasteiger partial charge on any atom is 0.315 e. The first kappa shape index (κ1) is 15.2. The number of carbonyl (C=O) groups excluding carboxylic acids is 1. The number of aliphatic hydroxyl groups is 1. The van der Waals surface area contributed by atoms with E-state index in [2.05, 4.69) is 20.7 Å². The minimum absolute atomic E-state index is 0.0571. The van der Waals surface area contributed by atoms with Gasteiger partial charge in [0.1, 0.15) is 0 Å². The van der Waals surface area contributed by atoms with Crippen molar-refractivity contribution in [1.29, 1.82) is 0 Å². The molecule has 2 aromatic heterocycles. The van der Waals surface area contributed by atoms with Gasteiger partial charge in [0.05, 0.1) is 24.0 Å². The van der Waals surface area contributed by atoms with Gasteiger partial charge in [-0.15, -0.1) is 0 Å². The van der Waals surface area contributed by atoms with Crippen LogP contribution in [0.15, 0.2) is 24.5 Å². The quantitative estimate of drug-likeness (QED) is 0.764. The van der Waals surface area contributed by atoms with Gasteiger partial charge in [-0.2, -0.15) is 5.10 Å². The minimum Gasteiger partial charge on any atom is -0.388 e. The maximum absolute atomic E-state index is 11.8. The summed E-state index contributed by atoms with van der Waals surface area (Å²) in [5, 5.41) is 19.6. The largest absolute Gasteiger partial charge is 0.388 e. The van der Waals surface area contributed by atoms with Crippen LogP contribution in [0.4, 0.5) is 4.79 Å². The Labute approximate surface area is 123 Å². The molecule has 2 rings (SSSR count). The van der Waals surface area contributed by atoms with Gasteiger partial charge in [0.15, 0.2) is 5.65 Å². The fraction of sp³-hybridized carbons (Fsp3) is 0.500. The molecule has 1 atom stereocenters. The number of hydrogen-bond donors (Lipinski definition) is 3. The van der Waals surface area contributed by atoms with Crippen molar-refractivity contribution in [3.8, 4) is 0 Å². The van der Waals surface area contributed by atoms with Crippen molar-refractivity contribution < 1.29 is 9.90 Å². The average molecular weight is 291 g/mol. The molecule has 114 valence electrons. The van der Waals surface area contributed by atoms with Crippen LogP contribution in [0, 0.1) is 5.92 Å². The molecule has 0 saturated heterocycles. The van der Waals surface area contributed by atoms with Crippen LogP contribution in [0.25, 0.3) is 5.65 Å². The fourth-order valence-corrected chi connectivity index (χ4v) is 1.72. The van der Waals surface area contributed by atoms with E-state index in [-0.39, 0.29) is 18.5 Å². The molecule has 0 aromatic carbocycles. The zero-order valence-corrected chi connectivity index (χ0v) is 12.5. The Hall–Kier alpha value is -2.15. The lowest BCUT2D eigenvalue weighted by Crippen LogP contribution is -2.47. The third kappa shape index (κ3) is 3.69. The van der Waals surface area contributed by atoms with Crippen molar-refractivity contribution in [3.63, 3.8) is 0 Å². The van der Waals surface area contributed by atoms with Crippen molar-refractivity contribution in [2.24, 2.45) is 5.92 Å². The second kappa shape index (κ2) is 6.09. The number of carbonyl (C=O) groups is 1. The van der Waals surface area contributed by atoms with Crippen LogP contribution in [0.3, 0.4) is 0 Å². The summed E-state index contributed by atoms with van der Waals surface area (Å²) in [5.41, 5.74) is 0.636. The Morgan fingerprint density at radius 3 is 2.86 bits per heavy atom. The molecule has 0 spiro atoms. The van der Waals surface area contributed by atoms with E-state index in [1.54, 1.807) is 36.0 Å². The Bertz CT molecular complexity index is 621.